The average molecular weight is 359 g/mol. The predicted molar refractivity (Wildman–Crippen MR) is 96.1 cm³/mol. The molecule has 130 valence electrons. The zero-order valence-corrected chi connectivity index (χ0v) is 15.5. The minimum absolute atomic E-state index is 0.0699. The maximum atomic E-state index is 12.4. The molecule has 1 atom stereocenters. The van der Waals surface area contributed by atoms with Crippen LogP contribution in [-0.4, -0.2) is 38.4 Å². The molecule has 1 rings (SSSR count). The molecule has 0 bridgehead atoms. The van der Waals surface area contributed by atoms with Crippen molar-refractivity contribution in [3.63, 3.8) is 0 Å². The van der Waals surface area contributed by atoms with Gasteiger partial charge in [0, 0.05) is 6.04 Å². The highest BCUT2D eigenvalue weighted by molar-refractivity contribution is 7.98. The molecule has 2 N–H and O–H groups in total. The van der Waals surface area contributed by atoms with Crippen molar-refractivity contribution in [1.29, 1.82) is 0 Å². The molecule has 1 aromatic rings. The van der Waals surface area contributed by atoms with Gasteiger partial charge in [-0.05, 0) is 43.4 Å². The molecule has 7 heteroatoms. The van der Waals surface area contributed by atoms with E-state index in [0.717, 1.165) is 12.8 Å². The summed E-state index contributed by atoms with van der Waals surface area (Å²) in [5.41, 5.74) is 0. The van der Waals surface area contributed by atoms with E-state index in [2.05, 4.69) is 10.0 Å². The molecule has 1 aromatic carbocycles. The van der Waals surface area contributed by atoms with E-state index in [1.165, 1.54) is 12.1 Å². The van der Waals surface area contributed by atoms with Crippen LogP contribution in [0.15, 0.2) is 35.2 Å². The second kappa shape index (κ2) is 9.95. The molecular formula is C16H26N2O3S2. The second-order valence-electron chi connectivity index (χ2n) is 5.29. The van der Waals surface area contributed by atoms with E-state index in [-0.39, 0.29) is 16.8 Å². The zero-order chi connectivity index (χ0) is 17.3. The van der Waals surface area contributed by atoms with E-state index < -0.39 is 16.1 Å². The highest BCUT2D eigenvalue weighted by atomic mass is 32.2. The minimum atomic E-state index is -3.70. The number of carbonyl (C=O) groups is 1. The van der Waals surface area contributed by atoms with Crippen molar-refractivity contribution in [3.8, 4) is 0 Å². The zero-order valence-electron chi connectivity index (χ0n) is 13.9. The van der Waals surface area contributed by atoms with Gasteiger partial charge in [0.15, 0.2) is 0 Å². The molecule has 23 heavy (non-hydrogen) atoms. The SMILES string of the molecule is CCC(CC)NC(=O)C(CCSC)NS(=O)(=O)c1ccccc1. The standard InChI is InChI=1S/C16H26N2O3S2/c1-4-13(5-2)17-16(19)15(11-12-22-3)18-23(20,21)14-9-7-6-8-10-14/h6-10,13,15,18H,4-5,11-12H2,1-3H3,(H,17,19). The van der Waals surface area contributed by atoms with E-state index in [1.54, 1.807) is 30.0 Å². The number of thioether (sulfide) groups is 1. The van der Waals surface area contributed by atoms with Crippen molar-refractivity contribution >= 4 is 27.7 Å². The summed E-state index contributed by atoms with van der Waals surface area (Å²) in [4.78, 5) is 12.6. The first kappa shape index (κ1) is 20.0. The average Bonchev–Trinajstić information content (AvgIpc) is 2.56. The monoisotopic (exact) mass is 358 g/mol. The van der Waals surface area contributed by atoms with Gasteiger partial charge in [-0.25, -0.2) is 8.42 Å². The van der Waals surface area contributed by atoms with Crippen molar-refractivity contribution < 1.29 is 13.2 Å². The highest BCUT2D eigenvalue weighted by Gasteiger charge is 2.26. The lowest BCUT2D eigenvalue weighted by atomic mass is 10.1. The number of rotatable bonds is 10. The Labute approximate surface area is 143 Å². The largest absolute Gasteiger partial charge is 0.352 e. The molecule has 0 aliphatic carbocycles. The highest BCUT2D eigenvalue weighted by Crippen LogP contribution is 2.11. The van der Waals surface area contributed by atoms with E-state index in [1.807, 2.05) is 20.1 Å². The van der Waals surface area contributed by atoms with Gasteiger partial charge in [0.1, 0.15) is 6.04 Å². The van der Waals surface area contributed by atoms with Gasteiger partial charge in [0.05, 0.1) is 4.90 Å². The molecular weight excluding hydrogens is 332 g/mol. The van der Waals surface area contributed by atoms with Gasteiger partial charge in [0.2, 0.25) is 15.9 Å². The maximum absolute atomic E-state index is 12.4. The molecule has 0 heterocycles. The summed E-state index contributed by atoms with van der Waals surface area (Å²) in [5.74, 6) is 0.449. The summed E-state index contributed by atoms with van der Waals surface area (Å²) in [7, 11) is -3.70. The maximum Gasteiger partial charge on any atom is 0.241 e. The molecule has 1 amide bonds. The Bertz CT molecular complexity index is 572. The third-order valence-corrected chi connectivity index (χ3v) is 5.74. The summed E-state index contributed by atoms with van der Waals surface area (Å²) in [6, 6.07) is 7.43. The van der Waals surface area contributed by atoms with E-state index in [4.69, 9.17) is 0 Å². The second-order valence-corrected chi connectivity index (χ2v) is 7.99. The lowest BCUT2D eigenvalue weighted by Crippen LogP contribution is -2.49. The Morgan fingerprint density at radius 3 is 2.30 bits per heavy atom. The quantitative estimate of drug-likeness (QED) is 0.673. The Hall–Kier alpha value is -1.05. The molecule has 0 aromatic heterocycles. The molecule has 0 radical (unpaired) electrons. The van der Waals surface area contributed by atoms with Gasteiger partial charge >= 0.3 is 0 Å². The number of sulfonamides is 1. The molecule has 5 nitrogen and oxygen atoms in total. The van der Waals surface area contributed by atoms with E-state index in [9.17, 15) is 13.2 Å². The Morgan fingerprint density at radius 2 is 1.78 bits per heavy atom. The fourth-order valence-corrected chi connectivity index (χ4v) is 3.85. The van der Waals surface area contributed by atoms with Crippen LogP contribution < -0.4 is 10.0 Å². The van der Waals surface area contributed by atoms with Crippen molar-refractivity contribution in [1.82, 2.24) is 10.0 Å². The van der Waals surface area contributed by atoms with Crippen LogP contribution in [0.5, 0.6) is 0 Å². The molecule has 1 unspecified atom stereocenters. The van der Waals surface area contributed by atoms with Crippen LogP contribution in [0.25, 0.3) is 0 Å². The van der Waals surface area contributed by atoms with E-state index in [0.29, 0.717) is 12.2 Å². The fraction of sp³-hybridized carbons (Fsp3) is 0.562. The number of hydrogen-bond donors (Lipinski definition) is 2. The van der Waals surface area contributed by atoms with Gasteiger partial charge < -0.3 is 5.32 Å². The van der Waals surface area contributed by atoms with Gasteiger partial charge in [0.25, 0.3) is 0 Å². The third-order valence-electron chi connectivity index (χ3n) is 3.61. The van der Waals surface area contributed by atoms with Crippen molar-refractivity contribution in [2.24, 2.45) is 0 Å². The summed E-state index contributed by atoms with van der Waals surface area (Å²) in [5, 5.41) is 2.92. The lowest BCUT2D eigenvalue weighted by molar-refractivity contribution is -0.123. The number of nitrogens with one attached hydrogen (secondary N) is 2. The third kappa shape index (κ3) is 6.53. The van der Waals surface area contributed by atoms with Crippen LogP contribution in [-0.2, 0) is 14.8 Å². The summed E-state index contributed by atoms with van der Waals surface area (Å²) in [6.45, 7) is 4.00. The topological polar surface area (TPSA) is 75.3 Å². The van der Waals surface area contributed by atoms with Gasteiger partial charge in [-0.1, -0.05) is 32.0 Å². The van der Waals surface area contributed by atoms with Crippen LogP contribution in [0, 0.1) is 0 Å². The van der Waals surface area contributed by atoms with Crippen LogP contribution in [0.1, 0.15) is 33.1 Å². The van der Waals surface area contributed by atoms with Crippen LogP contribution >= 0.6 is 11.8 Å². The number of carbonyl (C=O) groups excluding carboxylic acids is 1. The number of hydrogen-bond acceptors (Lipinski definition) is 4. The van der Waals surface area contributed by atoms with Gasteiger partial charge in [-0.3, -0.25) is 4.79 Å². The minimum Gasteiger partial charge on any atom is -0.352 e. The first-order valence-corrected chi connectivity index (χ1v) is 10.7. The molecule has 0 saturated carbocycles. The molecule has 0 fully saturated rings. The lowest BCUT2D eigenvalue weighted by Gasteiger charge is -2.22. The smallest absolute Gasteiger partial charge is 0.241 e. The van der Waals surface area contributed by atoms with E-state index >= 15 is 0 Å². The molecule has 0 saturated heterocycles. The van der Waals surface area contributed by atoms with Crippen molar-refractivity contribution in [2.45, 2.75) is 50.1 Å². The van der Waals surface area contributed by atoms with Crippen LogP contribution in [0.2, 0.25) is 0 Å². The fourth-order valence-electron chi connectivity index (χ4n) is 2.13. The molecule has 0 aliphatic rings. The van der Waals surface area contributed by atoms with Crippen molar-refractivity contribution in [3.05, 3.63) is 30.3 Å². The predicted octanol–water partition coefficient (Wildman–Crippen LogP) is 2.39. The van der Waals surface area contributed by atoms with Gasteiger partial charge in [-0.2, -0.15) is 16.5 Å². The Kier molecular flexibility index (Phi) is 8.65. The van der Waals surface area contributed by atoms with Crippen LogP contribution in [0.3, 0.4) is 0 Å². The van der Waals surface area contributed by atoms with Gasteiger partial charge in [-0.15, -0.1) is 0 Å². The summed E-state index contributed by atoms with van der Waals surface area (Å²) >= 11 is 1.58. The molecule has 0 aliphatic heterocycles. The number of amides is 1. The normalized spacial score (nSPS) is 13.0. The molecule has 0 spiro atoms. The van der Waals surface area contributed by atoms with Crippen molar-refractivity contribution in [2.75, 3.05) is 12.0 Å². The Balaban J connectivity index is 2.87. The van der Waals surface area contributed by atoms with Crippen LogP contribution in [0.4, 0.5) is 0 Å². The summed E-state index contributed by atoms with van der Waals surface area (Å²) < 4.78 is 27.4. The Morgan fingerprint density at radius 1 is 1.17 bits per heavy atom. The summed E-state index contributed by atoms with van der Waals surface area (Å²) in [6.07, 6.45) is 4.03. The first-order chi connectivity index (χ1) is 10.9. The number of benzene rings is 1. The first-order valence-electron chi connectivity index (χ1n) is 7.81.